The van der Waals surface area contributed by atoms with Gasteiger partial charge in [-0.1, -0.05) is 43.7 Å². The average molecular weight is 482 g/mol. The number of benzene rings is 1. The van der Waals surface area contributed by atoms with Crippen molar-refractivity contribution in [1.82, 2.24) is 14.9 Å². The Hall–Kier alpha value is -3.88. The lowest BCUT2D eigenvalue weighted by molar-refractivity contribution is -0.155. The Morgan fingerprint density at radius 2 is 1.77 bits per heavy atom. The van der Waals surface area contributed by atoms with E-state index in [1.54, 1.807) is 27.8 Å². The maximum absolute atomic E-state index is 13.2. The molecule has 0 saturated carbocycles. The third kappa shape index (κ3) is 6.81. The molecule has 0 spiro atoms. The summed E-state index contributed by atoms with van der Waals surface area (Å²) in [5, 5.41) is 6.07. The summed E-state index contributed by atoms with van der Waals surface area (Å²) in [5.41, 5.74) is 7.78. The molecule has 1 amide bonds. The first-order chi connectivity index (χ1) is 16.5. The van der Waals surface area contributed by atoms with Gasteiger partial charge < -0.3 is 21.1 Å². The van der Waals surface area contributed by atoms with Gasteiger partial charge in [-0.2, -0.15) is 0 Å². The Morgan fingerprint density at radius 1 is 1.14 bits per heavy atom. The molecule has 0 saturated heterocycles. The number of nitrogens with zero attached hydrogens (tertiary/aromatic N) is 2. The lowest BCUT2D eigenvalue weighted by Gasteiger charge is -2.20. The van der Waals surface area contributed by atoms with Crippen LogP contribution in [0.25, 0.3) is 11.0 Å². The molecule has 0 aliphatic carbocycles. The molecule has 9 nitrogen and oxygen atoms in total. The number of carbonyl (C=O) groups is 2. The monoisotopic (exact) mass is 481 g/mol. The van der Waals surface area contributed by atoms with E-state index in [0.29, 0.717) is 16.8 Å². The highest BCUT2D eigenvalue weighted by atomic mass is 16.6. The topological polar surface area (TPSA) is 128 Å². The number of amides is 1. The van der Waals surface area contributed by atoms with E-state index in [2.05, 4.69) is 15.6 Å². The second-order valence-electron chi connectivity index (χ2n) is 8.78. The van der Waals surface area contributed by atoms with Crippen molar-refractivity contribution in [2.75, 3.05) is 18.1 Å². The largest absolute Gasteiger partial charge is 0.459 e. The first kappa shape index (κ1) is 27.4. The number of rotatable bonds is 6. The second kappa shape index (κ2) is 11.5. The second-order valence-corrected chi connectivity index (χ2v) is 8.78. The van der Waals surface area contributed by atoms with E-state index in [9.17, 15) is 14.4 Å². The fourth-order valence-corrected chi connectivity index (χ4v) is 3.33. The van der Waals surface area contributed by atoms with Crippen molar-refractivity contribution in [1.29, 1.82) is 0 Å². The van der Waals surface area contributed by atoms with E-state index in [1.807, 2.05) is 45.0 Å². The standard InChI is InChI=1S/C24H29N5O4.C2H6/c1-14-6-8-15(9-7-14)11-28-22(31)17-10-16-20(25)18(26-5)12-27-21(16)29(23(17)32)13-19(30)33-24(2,3)4;1-2/h6-10,12,26H,11,13H2,1-5H3,(H2,25,27)(H,28,31);1-2H3. The first-order valence-corrected chi connectivity index (χ1v) is 11.6. The van der Waals surface area contributed by atoms with Crippen molar-refractivity contribution < 1.29 is 14.3 Å². The maximum Gasteiger partial charge on any atom is 0.326 e. The van der Waals surface area contributed by atoms with Crippen molar-refractivity contribution in [3.05, 3.63) is 63.6 Å². The third-order valence-electron chi connectivity index (χ3n) is 4.95. The van der Waals surface area contributed by atoms with Gasteiger partial charge in [0, 0.05) is 19.0 Å². The molecule has 35 heavy (non-hydrogen) atoms. The lowest BCUT2D eigenvalue weighted by Crippen LogP contribution is -2.36. The SMILES string of the molecule is CC.CNc1cnc2c(cc(C(=O)NCc3ccc(C)cc3)c(=O)n2CC(=O)OC(C)(C)C)c1N. The fraction of sp³-hybridized carbons (Fsp3) is 0.385. The Balaban J connectivity index is 0.00000210. The molecule has 0 radical (unpaired) electrons. The molecule has 0 aliphatic heterocycles. The van der Waals surface area contributed by atoms with E-state index >= 15 is 0 Å². The molecule has 188 valence electrons. The average Bonchev–Trinajstić information content (AvgIpc) is 2.80. The number of aryl methyl sites for hydroxylation is 1. The Morgan fingerprint density at radius 3 is 2.34 bits per heavy atom. The predicted molar refractivity (Wildman–Crippen MR) is 140 cm³/mol. The van der Waals surface area contributed by atoms with Crippen LogP contribution < -0.4 is 21.9 Å². The number of hydrogen-bond acceptors (Lipinski definition) is 7. The van der Waals surface area contributed by atoms with Gasteiger partial charge in [0.2, 0.25) is 0 Å². The molecule has 0 bridgehead atoms. The third-order valence-corrected chi connectivity index (χ3v) is 4.95. The van der Waals surface area contributed by atoms with Crippen LogP contribution in [0.2, 0.25) is 0 Å². The highest BCUT2D eigenvalue weighted by molar-refractivity contribution is 6.01. The molecule has 1 aromatic carbocycles. The molecular formula is C26H35N5O4. The molecule has 0 fully saturated rings. The molecule has 4 N–H and O–H groups in total. The number of nitrogen functional groups attached to an aromatic ring is 1. The van der Waals surface area contributed by atoms with Crippen LogP contribution in [0.5, 0.6) is 0 Å². The van der Waals surface area contributed by atoms with Crippen molar-refractivity contribution in [2.24, 2.45) is 0 Å². The minimum Gasteiger partial charge on any atom is -0.459 e. The van der Waals surface area contributed by atoms with Crippen LogP contribution in [0, 0.1) is 6.92 Å². The van der Waals surface area contributed by atoms with E-state index in [1.165, 1.54) is 12.3 Å². The Bertz CT molecular complexity index is 1260. The smallest absolute Gasteiger partial charge is 0.326 e. The normalized spacial score (nSPS) is 10.8. The molecule has 3 rings (SSSR count). The zero-order valence-electron chi connectivity index (χ0n) is 21.5. The van der Waals surface area contributed by atoms with Crippen molar-refractivity contribution in [3.8, 4) is 0 Å². The van der Waals surface area contributed by atoms with E-state index in [0.717, 1.165) is 15.7 Å². The van der Waals surface area contributed by atoms with Crippen LogP contribution >= 0.6 is 0 Å². The lowest BCUT2D eigenvalue weighted by atomic mass is 10.1. The number of carbonyl (C=O) groups excluding carboxylic acids is 2. The zero-order chi connectivity index (χ0) is 26.3. The van der Waals surface area contributed by atoms with Crippen molar-refractivity contribution in [2.45, 2.75) is 60.2 Å². The van der Waals surface area contributed by atoms with Crippen LogP contribution in [0.4, 0.5) is 11.4 Å². The minimum absolute atomic E-state index is 0.139. The summed E-state index contributed by atoms with van der Waals surface area (Å²) in [6.07, 6.45) is 1.47. The van der Waals surface area contributed by atoms with Gasteiger partial charge >= 0.3 is 5.97 Å². The highest BCUT2D eigenvalue weighted by Crippen LogP contribution is 2.26. The number of ether oxygens (including phenoxy) is 1. The van der Waals surface area contributed by atoms with Gasteiger partial charge in [0.15, 0.2) is 0 Å². The minimum atomic E-state index is -0.731. The van der Waals surface area contributed by atoms with Gasteiger partial charge in [0.25, 0.3) is 11.5 Å². The number of pyridine rings is 2. The van der Waals surface area contributed by atoms with Gasteiger partial charge in [0.05, 0.1) is 17.6 Å². The first-order valence-electron chi connectivity index (χ1n) is 11.6. The summed E-state index contributed by atoms with van der Waals surface area (Å²) in [6, 6.07) is 9.10. The van der Waals surface area contributed by atoms with Crippen molar-refractivity contribution in [3.63, 3.8) is 0 Å². The van der Waals surface area contributed by atoms with Gasteiger partial charge in [-0.15, -0.1) is 0 Å². The van der Waals surface area contributed by atoms with Crippen LogP contribution in [0.3, 0.4) is 0 Å². The van der Waals surface area contributed by atoms with Gasteiger partial charge in [-0.25, -0.2) is 4.98 Å². The van der Waals surface area contributed by atoms with Gasteiger partial charge in [-0.3, -0.25) is 19.0 Å². The number of anilines is 2. The van der Waals surface area contributed by atoms with E-state index in [4.69, 9.17) is 10.5 Å². The summed E-state index contributed by atoms with van der Waals surface area (Å²) >= 11 is 0. The molecule has 0 unspecified atom stereocenters. The van der Waals surface area contributed by atoms with Crippen molar-refractivity contribution >= 4 is 34.3 Å². The molecule has 0 atom stereocenters. The molecule has 3 aromatic rings. The van der Waals surface area contributed by atoms with E-state index < -0.39 is 29.6 Å². The van der Waals surface area contributed by atoms with Crippen LogP contribution in [-0.4, -0.2) is 34.1 Å². The summed E-state index contributed by atoms with van der Waals surface area (Å²) in [4.78, 5) is 43.0. The summed E-state index contributed by atoms with van der Waals surface area (Å²) in [7, 11) is 1.69. The summed E-state index contributed by atoms with van der Waals surface area (Å²) in [5.74, 6) is -1.20. The number of esters is 1. The molecule has 2 heterocycles. The summed E-state index contributed by atoms with van der Waals surface area (Å²) < 4.78 is 6.49. The quantitative estimate of drug-likeness (QED) is 0.459. The Labute approximate surface area is 205 Å². The molecule has 2 aromatic heterocycles. The zero-order valence-corrected chi connectivity index (χ0v) is 21.5. The van der Waals surface area contributed by atoms with Crippen LogP contribution in [-0.2, 0) is 22.6 Å². The van der Waals surface area contributed by atoms with Crippen LogP contribution in [0.1, 0.15) is 56.1 Å². The molecular weight excluding hydrogens is 446 g/mol. The fourth-order valence-electron chi connectivity index (χ4n) is 3.33. The maximum atomic E-state index is 13.2. The number of aromatic nitrogens is 2. The molecule has 9 heteroatoms. The summed E-state index contributed by atoms with van der Waals surface area (Å²) in [6.45, 7) is 11.0. The van der Waals surface area contributed by atoms with E-state index in [-0.39, 0.29) is 17.8 Å². The Kier molecular flexibility index (Phi) is 8.99. The number of nitrogens with one attached hydrogen (secondary N) is 2. The van der Waals surface area contributed by atoms with Gasteiger partial charge in [-0.05, 0) is 39.3 Å². The number of hydrogen-bond donors (Lipinski definition) is 3. The predicted octanol–water partition coefficient (Wildman–Crippen LogP) is 3.63. The number of fused-ring (bicyclic) bond motifs is 1. The van der Waals surface area contributed by atoms with Crippen LogP contribution in [0.15, 0.2) is 41.3 Å². The highest BCUT2D eigenvalue weighted by Gasteiger charge is 2.22. The van der Waals surface area contributed by atoms with Gasteiger partial charge in [0.1, 0.15) is 23.4 Å². The molecule has 0 aliphatic rings. The number of nitrogens with two attached hydrogens (primary N) is 1.